The van der Waals surface area contributed by atoms with Gasteiger partial charge in [0.05, 0.1) is 22.7 Å². The lowest BCUT2D eigenvalue weighted by molar-refractivity contribution is -0.120. The third-order valence-electron chi connectivity index (χ3n) is 4.34. The topological polar surface area (TPSA) is 79.4 Å². The smallest absolute Gasteiger partial charge is 0.243 e. The molecule has 2 aromatic rings. The van der Waals surface area contributed by atoms with Gasteiger partial charge < -0.3 is 5.32 Å². The van der Waals surface area contributed by atoms with Crippen LogP contribution in [0.1, 0.15) is 18.4 Å². The Morgan fingerprint density at radius 1 is 1.24 bits per heavy atom. The van der Waals surface area contributed by atoms with Gasteiger partial charge in [-0.15, -0.1) is 0 Å². The molecule has 6 nitrogen and oxygen atoms in total. The number of sulfonamides is 1. The predicted octanol–water partition coefficient (Wildman–Crippen LogP) is 2.43. The second-order valence-electron chi connectivity index (χ2n) is 6.25. The molecule has 0 bridgehead atoms. The van der Waals surface area contributed by atoms with E-state index in [0.29, 0.717) is 25.1 Å². The molecule has 1 aromatic carbocycles. The Kier molecular flexibility index (Phi) is 5.15. The Morgan fingerprint density at radius 2 is 2.00 bits per heavy atom. The number of aromatic nitrogens is 1. The van der Waals surface area contributed by atoms with Gasteiger partial charge in [-0.05, 0) is 44.0 Å². The van der Waals surface area contributed by atoms with Crippen LogP contribution < -0.4 is 5.32 Å². The molecule has 0 unspecified atom stereocenters. The maximum absolute atomic E-state index is 12.8. The Labute approximate surface area is 147 Å². The van der Waals surface area contributed by atoms with E-state index in [1.807, 2.05) is 6.92 Å². The van der Waals surface area contributed by atoms with E-state index >= 15 is 0 Å². The van der Waals surface area contributed by atoms with Crippen molar-refractivity contribution in [3.63, 3.8) is 0 Å². The molecule has 1 aromatic heterocycles. The van der Waals surface area contributed by atoms with Gasteiger partial charge in [0.1, 0.15) is 0 Å². The minimum absolute atomic E-state index is 0.170. The number of pyridine rings is 1. The van der Waals surface area contributed by atoms with Crippen molar-refractivity contribution in [2.24, 2.45) is 5.92 Å². The first kappa shape index (κ1) is 17.6. The standard InChI is InChI=1S/C18H21N3O3S/c1-14-6-8-17(9-7-14)25(23,24)21-11-3-4-15(13-21)18(22)20-16-5-2-10-19-12-16/h2,5-10,12,15H,3-4,11,13H2,1H3,(H,20,22)/t15-/m0/s1. The fourth-order valence-corrected chi connectivity index (χ4v) is 4.44. The van der Waals surface area contributed by atoms with Gasteiger partial charge in [0.25, 0.3) is 0 Å². The van der Waals surface area contributed by atoms with Crippen molar-refractivity contribution in [3.8, 4) is 0 Å². The summed E-state index contributed by atoms with van der Waals surface area (Å²) in [5.41, 5.74) is 1.62. The Bertz CT molecular complexity index is 836. The third kappa shape index (κ3) is 4.05. The van der Waals surface area contributed by atoms with Gasteiger partial charge in [-0.2, -0.15) is 4.31 Å². The number of rotatable bonds is 4. The summed E-state index contributed by atoms with van der Waals surface area (Å²) in [6.07, 6.45) is 4.54. The van der Waals surface area contributed by atoms with Crippen molar-refractivity contribution in [3.05, 3.63) is 54.4 Å². The van der Waals surface area contributed by atoms with Crippen molar-refractivity contribution in [2.45, 2.75) is 24.7 Å². The van der Waals surface area contributed by atoms with Crippen molar-refractivity contribution < 1.29 is 13.2 Å². The van der Waals surface area contributed by atoms with E-state index < -0.39 is 10.0 Å². The summed E-state index contributed by atoms with van der Waals surface area (Å²) in [5, 5.41) is 2.81. The molecule has 1 aliphatic rings. The molecule has 1 fully saturated rings. The summed E-state index contributed by atoms with van der Waals surface area (Å²) in [6.45, 7) is 2.55. The summed E-state index contributed by atoms with van der Waals surface area (Å²) in [5.74, 6) is -0.536. The van der Waals surface area contributed by atoms with Crippen molar-refractivity contribution >= 4 is 21.6 Å². The van der Waals surface area contributed by atoms with Gasteiger partial charge in [-0.1, -0.05) is 17.7 Å². The maximum Gasteiger partial charge on any atom is 0.243 e. The molecule has 1 atom stereocenters. The number of amides is 1. The van der Waals surface area contributed by atoms with Gasteiger partial charge in [0.15, 0.2) is 0 Å². The molecule has 2 heterocycles. The highest BCUT2D eigenvalue weighted by molar-refractivity contribution is 7.89. The number of hydrogen-bond acceptors (Lipinski definition) is 4. The van der Waals surface area contributed by atoms with Gasteiger partial charge >= 0.3 is 0 Å². The van der Waals surface area contributed by atoms with Crippen LogP contribution in [0.5, 0.6) is 0 Å². The van der Waals surface area contributed by atoms with Gasteiger partial charge in [0, 0.05) is 19.3 Å². The first-order valence-electron chi connectivity index (χ1n) is 8.24. The quantitative estimate of drug-likeness (QED) is 0.909. The maximum atomic E-state index is 12.8. The highest BCUT2D eigenvalue weighted by Gasteiger charge is 2.33. The minimum Gasteiger partial charge on any atom is -0.324 e. The lowest BCUT2D eigenvalue weighted by atomic mass is 9.99. The Morgan fingerprint density at radius 3 is 2.68 bits per heavy atom. The van der Waals surface area contributed by atoms with E-state index in [1.165, 1.54) is 4.31 Å². The SMILES string of the molecule is Cc1ccc(S(=O)(=O)N2CCC[C@H](C(=O)Nc3cccnc3)C2)cc1. The van der Waals surface area contributed by atoms with Crippen LogP contribution in [0.2, 0.25) is 0 Å². The van der Waals surface area contributed by atoms with Crippen molar-refractivity contribution in [2.75, 3.05) is 18.4 Å². The van der Waals surface area contributed by atoms with Crippen LogP contribution in [0, 0.1) is 12.8 Å². The molecule has 0 radical (unpaired) electrons. The summed E-state index contributed by atoms with van der Waals surface area (Å²) in [7, 11) is -3.58. The number of benzene rings is 1. The average molecular weight is 359 g/mol. The highest BCUT2D eigenvalue weighted by Crippen LogP contribution is 2.25. The van der Waals surface area contributed by atoms with E-state index in [-0.39, 0.29) is 23.3 Å². The van der Waals surface area contributed by atoms with Gasteiger partial charge in [-0.3, -0.25) is 9.78 Å². The minimum atomic E-state index is -3.58. The molecular weight excluding hydrogens is 338 g/mol. The van der Waals surface area contributed by atoms with E-state index in [4.69, 9.17) is 0 Å². The van der Waals surface area contributed by atoms with Crippen LogP contribution >= 0.6 is 0 Å². The Hall–Kier alpha value is -2.25. The van der Waals surface area contributed by atoms with E-state index in [1.54, 1.807) is 48.8 Å². The zero-order valence-corrected chi connectivity index (χ0v) is 14.9. The van der Waals surface area contributed by atoms with E-state index in [0.717, 1.165) is 5.56 Å². The molecule has 132 valence electrons. The zero-order valence-electron chi connectivity index (χ0n) is 14.1. The zero-order chi connectivity index (χ0) is 17.9. The van der Waals surface area contributed by atoms with Crippen molar-refractivity contribution in [1.82, 2.24) is 9.29 Å². The first-order valence-corrected chi connectivity index (χ1v) is 9.68. The monoisotopic (exact) mass is 359 g/mol. The Balaban J connectivity index is 1.72. The lowest BCUT2D eigenvalue weighted by Gasteiger charge is -2.31. The molecule has 0 spiro atoms. The van der Waals surface area contributed by atoms with Crippen LogP contribution in [0.4, 0.5) is 5.69 Å². The van der Waals surface area contributed by atoms with Crippen LogP contribution in [0.3, 0.4) is 0 Å². The molecule has 7 heteroatoms. The number of aryl methyl sites for hydroxylation is 1. The number of nitrogens with zero attached hydrogens (tertiary/aromatic N) is 2. The van der Waals surface area contributed by atoms with Gasteiger partial charge in [0.2, 0.25) is 15.9 Å². The van der Waals surface area contributed by atoms with E-state index in [9.17, 15) is 13.2 Å². The average Bonchev–Trinajstić information content (AvgIpc) is 2.63. The largest absolute Gasteiger partial charge is 0.324 e. The van der Waals surface area contributed by atoms with Crippen LogP contribution in [-0.2, 0) is 14.8 Å². The highest BCUT2D eigenvalue weighted by atomic mass is 32.2. The lowest BCUT2D eigenvalue weighted by Crippen LogP contribution is -2.43. The first-order chi connectivity index (χ1) is 12.0. The van der Waals surface area contributed by atoms with Crippen LogP contribution in [-0.4, -0.2) is 36.7 Å². The second kappa shape index (κ2) is 7.33. The van der Waals surface area contributed by atoms with Crippen LogP contribution in [0.15, 0.2) is 53.7 Å². The summed E-state index contributed by atoms with van der Waals surface area (Å²) < 4.78 is 27.0. The molecule has 3 rings (SSSR count). The number of anilines is 1. The molecular formula is C18H21N3O3S. The molecule has 1 N–H and O–H groups in total. The molecule has 0 aliphatic carbocycles. The number of carbonyl (C=O) groups is 1. The van der Waals surface area contributed by atoms with Crippen LogP contribution in [0.25, 0.3) is 0 Å². The van der Waals surface area contributed by atoms with Gasteiger partial charge in [-0.25, -0.2) is 8.42 Å². The summed E-state index contributed by atoms with van der Waals surface area (Å²) in [4.78, 5) is 16.7. The number of nitrogens with one attached hydrogen (secondary N) is 1. The normalized spacial score (nSPS) is 18.7. The fourth-order valence-electron chi connectivity index (χ4n) is 2.92. The summed E-state index contributed by atoms with van der Waals surface area (Å²) >= 11 is 0. The molecule has 1 saturated heterocycles. The predicted molar refractivity (Wildman–Crippen MR) is 95.5 cm³/mol. The second-order valence-corrected chi connectivity index (χ2v) is 8.18. The fraction of sp³-hybridized carbons (Fsp3) is 0.333. The molecule has 0 saturated carbocycles. The number of carbonyl (C=O) groups excluding carboxylic acids is 1. The summed E-state index contributed by atoms with van der Waals surface area (Å²) in [6, 6.07) is 10.3. The van der Waals surface area contributed by atoms with E-state index in [2.05, 4.69) is 10.3 Å². The third-order valence-corrected chi connectivity index (χ3v) is 6.22. The number of piperidine rings is 1. The molecule has 1 aliphatic heterocycles. The number of hydrogen-bond donors (Lipinski definition) is 1. The molecule has 1 amide bonds. The van der Waals surface area contributed by atoms with Crippen molar-refractivity contribution in [1.29, 1.82) is 0 Å². The molecule has 25 heavy (non-hydrogen) atoms.